The molecule has 0 aliphatic heterocycles. The molecule has 1 rings (SSSR count). The van der Waals surface area contributed by atoms with Crippen LogP contribution in [0.2, 0.25) is 0 Å². The van der Waals surface area contributed by atoms with Crippen molar-refractivity contribution in [3.63, 3.8) is 0 Å². The highest BCUT2D eigenvalue weighted by Gasteiger charge is 1.89. The predicted octanol–water partition coefficient (Wildman–Crippen LogP) is 0.154. The van der Waals surface area contributed by atoms with E-state index >= 15 is 0 Å². The van der Waals surface area contributed by atoms with Crippen LogP contribution < -0.4 is 5.32 Å². The molecule has 41 valence electrons. The molecule has 0 saturated heterocycles. The lowest BCUT2D eigenvalue weighted by Gasteiger charge is -1.80. The summed E-state index contributed by atoms with van der Waals surface area (Å²) >= 11 is 0. The van der Waals surface area contributed by atoms with Crippen LogP contribution in [0.3, 0.4) is 0 Å². The van der Waals surface area contributed by atoms with Gasteiger partial charge in [0.15, 0.2) is 0 Å². The highest BCUT2D eigenvalue weighted by Crippen LogP contribution is 1.99. The van der Waals surface area contributed by atoms with Gasteiger partial charge in [0.2, 0.25) is 5.88 Å². The molecule has 0 aliphatic carbocycles. The molecule has 0 aromatic carbocycles. The highest BCUT2D eigenvalue weighted by atomic mass is 16.5. The van der Waals surface area contributed by atoms with E-state index in [1.807, 2.05) is 0 Å². The molecule has 1 heterocycles. The van der Waals surface area contributed by atoms with Gasteiger partial charge in [-0.25, -0.2) is 0 Å². The molecule has 0 fully saturated rings. The van der Waals surface area contributed by atoms with E-state index in [0.717, 1.165) is 0 Å². The SMILES string of the molecule is O=[C]Nc1ccno1. The van der Waals surface area contributed by atoms with Gasteiger partial charge >= 0.3 is 6.41 Å². The zero-order chi connectivity index (χ0) is 5.82. The van der Waals surface area contributed by atoms with Gasteiger partial charge in [0.1, 0.15) is 0 Å². The molecule has 0 unspecified atom stereocenters. The summed E-state index contributed by atoms with van der Waals surface area (Å²) < 4.78 is 4.45. The standard InChI is InChI=1S/C4H3N2O2/c7-3-5-4-1-2-6-8-4/h1-2H,(H,5,7). The first-order chi connectivity index (χ1) is 3.93. The van der Waals surface area contributed by atoms with Crippen molar-refractivity contribution in [2.45, 2.75) is 0 Å². The molecule has 0 saturated carbocycles. The van der Waals surface area contributed by atoms with E-state index in [0.29, 0.717) is 5.88 Å². The molecule has 1 radical (unpaired) electrons. The molecule has 4 nitrogen and oxygen atoms in total. The number of carbonyl (C=O) groups excluding carboxylic acids is 1. The summed E-state index contributed by atoms with van der Waals surface area (Å²) in [6, 6.07) is 1.52. The fourth-order valence-electron chi connectivity index (χ4n) is 0.331. The molecule has 0 bridgehead atoms. The first kappa shape index (κ1) is 4.83. The van der Waals surface area contributed by atoms with Crippen molar-refractivity contribution < 1.29 is 9.32 Å². The number of hydrogen-bond acceptors (Lipinski definition) is 3. The maximum Gasteiger partial charge on any atom is 0.316 e. The Kier molecular flexibility index (Phi) is 1.27. The molecular formula is C4H3N2O2. The quantitative estimate of drug-likeness (QED) is 0.553. The van der Waals surface area contributed by atoms with E-state index in [1.54, 1.807) is 0 Å². The van der Waals surface area contributed by atoms with E-state index in [9.17, 15) is 4.79 Å². The number of anilines is 1. The Morgan fingerprint density at radius 3 is 3.25 bits per heavy atom. The summed E-state index contributed by atoms with van der Waals surface area (Å²) in [7, 11) is 0. The van der Waals surface area contributed by atoms with Gasteiger partial charge in [0, 0.05) is 6.07 Å². The second-order valence-electron chi connectivity index (χ2n) is 1.10. The molecule has 1 aromatic heterocycles. The maximum absolute atomic E-state index is 9.55. The molecule has 1 N–H and O–H groups in total. The molecule has 1 amide bonds. The highest BCUT2D eigenvalue weighted by molar-refractivity contribution is 5.67. The Morgan fingerprint density at radius 2 is 2.75 bits per heavy atom. The topological polar surface area (TPSA) is 55.1 Å². The van der Waals surface area contributed by atoms with Crippen molar-refractivity contribution in [2.75, 3.05) is 5.32 Å². The number of amides is 1. The zero-order valence-corrected chi connectivity index (χ0v) is 3.92. The third-order valence-corrected chi connectivity index (χ3v) is 0.612. The first-order valence-electron chi connectivity index (χ1n) is 1.97. The van der Waals surface area contributed by atoms with Crippen LogP contribution in [0.1, 0.15) is 0 Å². The van der Waals surface area contributed by atoms with E-state index in [4.69, 9.17) is 0 Å². The van der Waals surface area contributed by atoms with Crippen molar-refractivity contribution in [2.24, 2.45) is 0 Å². The summed E-state index contributed by atoms with van der Waals surface area (Å²) in [5.41, 5.74) is 0. The van der Waals surface area contributed by atoms with Crippen LogP contribution in [0.5, 0.6) is 0 Å². The van der Waals surface area contributed by atoms with E-state index in [-0.39, 0.29) is 0 Å². The van der Waals surface area contributed by atoms with Crippen LogP contribution in [0.4, 0.5) is 5.88 Å². The molecule has 8 heavy (non-hydrogen) atoms. The monoisotopic (exact) mass is 111 g/mol. The Bertz CT molecular complexity index is 159. The van der Waals surface area contributed by atoms with Crippen LogP contribution in [0, 0.1) is 0 Å². The van der Waals surface area contributed by atoms with Gasteiger partial charge < -0.3 is 4.52 Å². The van der Waals surface area contributed by atoms with Gasteiger partial charge in [-0.1, -0.05) is 5.16 Å². The first-order valence-corrected chi connectivity index (χ1v) is 1.97. The van der Waals surface area contributed by atoms with Gasteiger partial charge in [0.25, 0.3) is 0 Å². The fourth-order valence-corrected chi connectivity index (χ4v) is 0.331. The van der Waals surface area contributed by atoms with Gasteiger partial charge in [-0.2, -0.15) is 0 Å². The average molecular weight is 111 g/mol. The lowest BCUT2D eigenvalue weighted by molar-refractivity contribution is 0.434. The summed E-state index contributed by atoms with van der Waals surface area (Å²) in [6.45, 7) is 0. The van der Waals surface area contributed by atoms with E-state index < -0.39 is 0 Å². The summed E-state index contributed by atoms with van der Waals surface area (Å²) in [6.07, 6.45) is 2.87. The molecule has 0 atom stereocenters. The Balaban J connectivity index is 2.62. The largest absolute Gasteiger partial charge is 0.338 e. The fraction of sp³-hybridized carbons (Fsp3) is 0. The minimum absolute atomic E-state index is 0.306. The molecular weight excluding hydrogens is 108 g/mol. The van der Waals surface area contributed by atoms with Crippen LogP contribution in [-0.4, -0.2) is 11.6 Å². The predicted molar refractivity (Wildman–Crippen MR) is 25.8 cm³/mol. The Morgan fingerprint density at radius 1 is 1.88 bits per heavy atom. The number of rotatable bonds is 2. The zero-order valence-electron chi connectivity index (χ0n) is 3.92. The molecule has 1 aromatic rings. The van der Waals surface area contributed by atoms with Gasteiger partial charge in [-0.15, -0.1) is 0 Å². The lowest BCUT2D eigenvalue weighted by Crippen LogP contribution is -1.89. The third-order valence-electron chi connectivity index (χ3n) is 0.612. The number of nitrogens with zero attached hydrogens (tertiary/aromatic N) is 1. The molecule has 4 heteroatoms. The van der Waals surface area contributed by atoms with Crippen molar-refractivity contribution in [3.8, 4) is 0 Å². The minimum Gasteiger partial charge on any atom is -0.338 e. The minimum atomic E-state index is 0.306. The van der Waals surface area contributed by atoms with Crippen LogP contribution >= 0.6 is 0 Å². The van der Waals surface area contributed by atoms with Crippen molar-refractivity contribution in [1.82, 2.24) is 5.16 Å². The van der Waals surface area contributed by atoms with Gasteiger partial charge in [-0.05, 0) is 0 Å². The summed E-state index contributed by atoms with van der Waals surface area (Å²) in [4.78, 5) is 9.55. The van der Waals surface area contributed by atoms with Crippen molar-refractivity contribution in [3.05, 3.63) is 12.3 Å². The van der Waals surface area contributed by atoms with Gasteiger partial charge in [0.05, 0.1) is 6.20 Å². The van der Waals surface area contributed by atoms with E-state index in [2.05, 4.69) is 15.0 Å². The Hall–Kier alpha value is -1.32. The van der Waals surface area contributed by atoms with Crippen molar-refractivity contribution >= 4 is 12.3 Å². The summed E-state index contributed by atoms with van der Waals surface area (Å²) in [5, 5.41) is 5.48. The van der Waals surface area contributed by atoms with Crippen LogP contribution in [-0.2, 0) is 4.79 Å². The number of nitrogens with one attached hydrogen (secondary N) is 1. The van der Waals surface area contributed by atoms with Crippen LogP contribution in [0.15, 0.2) is 16.8 Å². The Labute approximate surface area is 45.5 Å². The summed E-state index contributed by atoms with van der Waals surface area (Å²) in [5.74, 6) is 0.306. The smallest absolute Gasteiger partial charge is 0.316 e. The number of hydrogen-bond donors (Lipinski definition) is 1. The second-order valence-corrected chi connectivity index (χ2v) is 1.10. The maximum atomic E-state index is 9.55. The van der Waals surface area contributed by atoms with Gasteiger partial charge in [-0.3, -0.25) is 10.1 Å². The molecule has 0 spiro atoms. The molecule has 0 aliphatic rings. The normalized spacial score (nSPS) is 8.50. The third kappa shape index (κ3) is 0.841. The van der Waals surface area contributed by atoms with Crippen LogP contribution in [0.25, 0.3) is 0 Å². The van der Waals surface area contributed by atoms with Crippen molar-refractivity contribution in [1.29, 1.82) is 0 Å². The average Bonchev–Trinajstić information content (AvgIpc) is 2.19. The van der Waals surface area contributed by atoms with E-state index in [1.165, 1.54) is 18.7 Å². The number of aromatic nitrogens is 1. The lowest BCUT2D eigenvalue weighted by atomic mass is 10.7. The second kappa shape index (κ2) is 2.11.